The molecule has 0 spiro atoms. The van der Waals surface area contributed by atoms with E-state index in [9.17, 15) is 35.9 Å². The van der Waals surface area contributed by atoms with Crippen LogP contribution in [0.3, 0.4) is 0 Å². The molecule has 2 aromatic rings. The summed E-state index contributed by atoms with van der Waals surface area (Å²) in [5.41, 5.74) is 2.40. The second-order valence-corrected chi connectivity index (χ2v) is 6.06. The van der Waals surface area contributed by atoms with E-state index in [1.807, 2.05) is 0 Å². The summed E-state index contributed by atoms with van der Waals surface area (Å²) in [4.78, 5) is 23.6. The number of nitrogens with two attached hydrogens (primary N) is 1. The zero-order valence-corrected chi connectivity index (χ0v) is 15.7. The molecule has 0 aliphatic heterocycles. The molecule has 0 saturated heterocycles. The molecular weight excluding hydrogens is 436 g/mol. The van der Waals surface area contributed by atoms with E-state index in [1.54, 1.807) is 18.2 Å². The highest BCUT2D eigenvalue weighted by Crippen LogP contribution is 2.39. The summed E-state index contributed by atoms with van der Waals surface area (Å²) in [6, 6.07) is 8.25. The molecule has 6 nitrogen and oxygen atoms in total. The van der Waals surface area contributed by atoms with Gasteiger partial charge in [0.1, 0.15) is 12.4 Å². The van der Waals surface area contributed by atoms with Gasteiger partial charge in [-0.3, -0.25) is 0 Å². The minimum Gasteiger partial charge on any atom is -0.467 e. The average molecular weight is 451 g/mol. The standard InChI is InChI=1S/C19H15F6NO5/c1-29-16(27)11-7-13(26)14(8-12(11)18(20,21)22)31-15(19(23,24)25)17(28)30-9-10-5-3-2-4-6-10/h2-8,15H,9,26H2,1H3/t15-/m1/s1. The van der Waals surface area contributed by atoms with Gasteiger partial charge in [0.2, 0.25) is 0 Å². The fourth-order valence-electron chi connectivity index (χ4n) is 2.39. The minimum atomic E-state index is -5.33. The highest BCUT2D eigenvalue weighted by atomic mass is 19.4. The first-order chi connectivity index (χ1) is 14.3. The molecule has 2 aromatic carbocycles. The lowest BCUT2D eigenvalue weighted by molar-refractivity contribution is -0.212. The molecule has 0 aliphatic carbocycles. The third-order valence-corrected chi connectivity index (χ3v) is 3.84. The summed E-state index contributed by atoms with van der Waals surface area (Å²) in [5, 5.41) is 0. The van der Waals surface area contributed by atoms with Crippen LogP contribution in [0.1, 0.15) is 21.5 Å². The topological polar surface area (TPSA) is 87.9 Å². The van der Waals surface area contributed by atoms with Crippen LogP contribution < -0.4 is 10.5 Å². The van der Waals surface area contributed by atoms with Gasteiger partial charge >= 0.3 is 24.3 Å². The fourth-order valence-corrected chi connectivity index (χ4v) is 2.39. The quantitative estimate of drug-likeness (QED) is 0.404. The Labute approximate surface area is 171 Å². The number of nitrogen functional groups attached to an aromatic ring is 1. The van der Waals surface area contributed by atoms with Gasteiger partial charge in [-0.2, -0.15) is 26.3 Å². The lowest BCUT2D eigenvalue weighted by Gasteiger charge is -2.22. The molecule has 0 unspecified atom stereocenters. The second-order valence-electron chi connectivity index (χ2n) is 6.06. The molecule has 168 valence electrons. The maximum Gasteiger partial charge on any atom is 0.436 e. The van der Waals surface area contributed by atoms with Crippen LogP contribution in [0.25, 0.3) is 0 Å². The molecule has 0 radical (unpaired) electrons. The van der Waals surface area contributed by atoms with E-state index < -0.39 is 59.6 Å². The molecule has 2 N–H and O–H groups in total. The van der Waals surface area contributed by atoms with Gasteiger partial charge in [-0.05, 0) is 17.7 Å². The number of methoxy groups -OCH3 is 1. The van der Waals surface area contributed by atoms with E-state index in [1.165, 1.54) is 12.1 Å². The summed E-state index contributed by atoms with van der Waals surface area (Å²) in [7, 11) is 0.811. The van der Waals surface area contributed by atoms with E-state index in [4.69, 9.17) is 5.73 Å². The Bertz CT molecular complexity index is 943. The number of rotatable bonds is 6. The number of hydrogen-bond donors (Lipinski definition) is 1. The number of benzene rings is 2. The fraction of sp³-hybridized carbons (Fsp3) is 0.263. The number of ether oxygens (including phenoxy) is 3. The SMILES string of the molecule is COC(=O)c1cc(N)c(O[C@H](C(=O)OCc2ccccc2)C(F)(F)F)cc1C(F)(F)F. The van der Waals surface area contributed by atoms with E-state index >= 15 is 0 Å². The number of halogens is 6. The molecular formula is C19H15F6NO5. The Kier molecular flexibility index (Phi) is 7.03. The van der Waals surface area contributed by atoms with Gasteiger partial charge in [-0.1, -0.05) is 30.3 Å². The lowest BCUT2D eigenvalue weighted by atomic mass is 10.1. The number of esters is 2. The Hall–Kier alpha value is -3.44. The van der Waals surface area contributed by atoms with Crippen LogP contribution in [0.2, 0.25) is 0 Å². The summed E-state index contributed by atoms with van der Waals surface area (Å²) >= 11 is 0. The average Bonchev–Trinajstić information content (AvgIpc) is 2.69. The molecule has 0 amide bonds. The molecule has 0 bridgehead atoms. The maximum absolute atomic E-state index is 13.3. The normalized spacial score (nSPS) is 12.7. The van der Waals surface area contributed by atoms with Crippen molar-refractivity contribution in [1.82, 2.24) is 0 Å². The second kappa shape index (κ2) is 9.14. The van der Waals surface area contributed by atoms with Crippen molar-refractivity contribution in [3.63, 3.8) is 0 Å². The van der Waals surface area contributed by atoms with Crippen LogP contribution in [-0.4, -0.2) is 31.3 Å². The first-order valence-electron chi connectivity index (χ1n) is 8.37. The smallest absolute Gasteiger partial charge is 0.436 e. The Balaban J connectivity index is 2.36. The number of hydrogen-bond acceptors (Lipinski definition) is 6. The highest BCUT2D eigenvalue weighted by molar-refractivity contribution is 5.93. The van der Waals surface area contributed by atoms with Crippen molar-refractivity contribution >= 4 is 17.6 Å². The van der Waals surface area contributed by atoms with Crippen molar-refractivity contribution in [3.05, 3.63) is 59.2 Å². The van der Waals surface area contributed by atoms with Gasteiger partial charge in [0.25, 0.3) is 6.10 Å². The van der Waals surface area contributed by atoms with E-state index in [2.05, 4.69) is 14.2 Å². The molecule has 0 saturated carbocycles. The third kappa shape index (κ3) is 6.03. The van der Waals surface area contributed by atoms with E-state index in [-0.39, 0.29) is 6.07 Å². The largest absolute Gasteiger partial charge is 0.467 e. The van der Waals surface area contributed by atoms with Crippen molar-refractivity contribution < 1.29 is 50.1 Å². The zero-order valence-electron chi connectivity index (χ0n) is 15.7. The summed E-state index contributed by atoms with van der Waals surface area (Å²) in [5.74, 6) is -4.42. The monoisotopic (exact) mass is 451 g/mol. The summed E-state index contributed by atoms with van der Waals surface area (Å²) < 4.78 is 93.2. The van der Waals surface area contributed by atoms with Crippen LogP contribution in [0.15, 0.2) is 42.5 Å². The van der Waals surface area contributed by atoms with Gasteiger partial charge < -0.3 is 19.9 Å². The molecule has 0 heterocycles. The third-order valence-electron chi connectivity index (χ3n) is 3.84. The van der Waals surface area contributed by atoms with Crippen LogP contribution in [0.4, 0.5) is 32.0 Å². The number of anilines is 1. The van der Waals surface area contributed by atoms with Gasteiger partial charge in [0, 0.05) is 0 Å². The molecule has 31 heavy (non-hydrogen) atoms. The minimum absolute atomic E-state index is 0.0881. The number of carbonyl (C=O) groups excluding carboxylic acids is 2. The van der Waals surface area contributed by atoms with Gasteiger partial charge in [-0.15, -0.1) is 0 Å². The first kappa shape index (κ1) is 23.8. The Morgan fingerprint density at radius 2 is 1.65 bits per heavy atom. The van der Waals surface area contributed by atoms with Crippen molar-refractivity contribution in [1.29, 1.82) is 0 Å². The van der Waals surface area contributed by atoms with Crippen molar-refractivity contribution in [3.8, 4) is 5.75 Å². The van der Waals surface area contributed by atoms with Gasteiger partial charge in [-0.25, -0.2) is 9.59 Å². The number of alkyl halides is 6. The number of carbonyl (C=O) groups is 2. The first-order valence-corrected chi connectivity index (χ1v) is 8.37. The van der Waals surface area contributed by atoms with Crippen LogP contribution >= 0.6 is 0 Å². The van der Waals surface area contributed by atoms with Crippen LogP contribution in [0.5, 0.6) is 5.75 Å². The van der Waals surface area contributed by atoms with E-state index in [0.29, 0.717) is 11.6 Å². The van der Waals surface area contributed by atoms with Crippen LogP contribution in [-0.2, 0) is 27.1 Å². The predicted octanol–water partition coefficient (Wildman–Crippen LogP) is 4.13. The van der Waals surface area contributed by atoms with Crippen molar-refractivity contribution in [2.45, 2.75) is 25.1 Å². The zero-order chi connectivity index (χ0) is 23.4. The molecule has 2 rings (SSSR count). The van der Waals surface area contributed by atoms with Crippen molar-refractivity contribution in [2.75, 3.05) is 12.8 Å². The predicted molar refractivity (Wildman–Crippen MR) is 93.9 cm³/mol. The molecule has 0 fully saturated rings. The van der Waals surface area contributed by atoms with Crippen LogP contribution in [0, 0.1) is 0 Å². The summed E-state index contributed by atoms with van der Waals surface area (Å²) in [6.07, 6.45) is -13.8. The van der Waals surface area contributed by atoms with Crippen molar-refractivity contribution in [2.24, 2.45) is 0 Å². The molecule has 0 aromatic heterocycles. The van der Waals surface area contributed by atoms with Gasteiger partial charge in [0.15, 0.2) is 0 Å². The van der Waals surface area contributed by atoms with E-state index in [0.717, 1.165) is 7.11 Å². The Morgan fingerprint density at radius 1 is 1.03 bits per heavy atom. The maximum atomic E-state index is 13.3. The van der Waals surface area contributed by atoms with Gasteiger partial charge in [0.05, 0.1) is 23.9 Å². The molecule has 0 aliphatic rings. The lowest BCUT2D eigenvalue weighted by Crippen LogP contribution is -2.42. The molecule has 12 heteroatoms. The Morgan fingerprint density at radius 3 is 2.16 bits per heavy atom. The summed E-state index contributed by atoms with van der Waals surface area (Å²) in [6.45, 7) is -0.528. The molecule has 1 atom stereocenters. The highest BCUT2D eigenvalue weighted by Gasteiger charge is 2.49.